The first-order valence-corrected chi connectivity index (χ1v) is 7.36. The van der Waals surface area contributed by atoms with Crippen molar-refractivity contribution in [2.45, 2.75) is 33.1 Å². The zero-order chi connectivity index (χ0) is 15.7. The molecule has 0 saturated heterocycles. The molecule has 2 N–H and O–H groups in total. The van der Waals surface area contributed by atoms with Gasteiger partial charge in [-0.3, -0.25) is 9.59 Å². The summed E-state index contributed by atoms with van der Waals surface area (Å²) >= 11 is 0. The molecular formula is C16H24N2O3. The average molecular weight is 292 g/mol. The Morgan fingerprint density at radius 2 is 1.76 bits per heavy atom. The zero-order valence-corrected chi connectivity index (χ0v) is 12.8. The maximum atomic E-state index is 12.4. The zero-order valence-electron chi connectivity index (χ0n) is 12.8. The van der Waals surface area contributed by atoms with Crippen LogP contribution in [0.15, 0.2) is 24.3 Å². The Hall–Kier alpha value is -1.88. The van der Waals surface area contributed by atoms with E-state index in [2.05, 4.69) is 12.2 Å². The van der Waals surface area contributed by atoms with Gasteiger partial charge in [0.25, 0.3) is 5.91 Å². The van der Waals surface area contributed by atoms with Gasteiger partial charge in [-0.2, -0.15) is 0 Å². The number of hydrogen-bond donors (Lipinski definition) is 2. The van der Waals surface area contributed by atoms with E-state index in [9.17, 15) is 9.59 Å². The van der Waals surface area contributed by atoms with E-state index < -0.39 is 0 Å². The molecule has 0 radical (unpaired) electrons. The van der Waals surface area contributed by atoms with Gasteiger partial charge in [0.2, 0.25) is 5.91 Å². The Morgan fingerprint density at radius 1 is 1.14 bits per heavy atom. The smallest absolute Gasteiger partial charge is 0.253 e. The maximum Gasteiger partial charge on any atom is 0.253 e. The first-order valence-electron chi connectivity index (χ1n) is 7.36. The van der Waals surface area contributed by atoms with Crippen LogP contribution in [0.1, 0.15) is 43.5 Å². The predicted octanol–water partition coefficient (Wildman–Crippen LogP) is 2.27. The highest BCUT2D eigenvalue weighted by Crippen LogP contribution is 2.12. The van der Waals surface area contributed by atoms with Crippen LogP contribution in [-0.4, -0.2) is 41.5 Å². The number of rotatable bonds is 8. The van der Waals surface area contributed by atoms with Gasteiger partial charge in [0, 0.05) is 37.9 Å². The molecule has 2 amide bonds. The Balaban J connectivity index is 2.74. The molecule has 5 heteroatoms. The number of benzene rings is 1. The Kier molecular flexibility index (Phi) is 7.46. The third-order valence-electron chi connectivity index (χ3n) is 3.11. The van der Waals surface area contributed by atoms with Crippen LogP contribution in [0.25, 0.3) is 0 Å². The van der Waals surface area contributed by atoms with Gasteiger partial charge in [-0.1, -0.05) is 13.3 Å². The molecule has 5 nitrogen and oxygen atoms in total. The van der Waals surface area contributed by atoms with E-state index in [-0.39, 0.29) is 18.4 Å². The van der Waals surface area contributed by atoms with E-state index in [4.69, 9.17) is 5.11 Å². The van der Waals surface area contributed by atoms with E-state index in [0.717, 1.165) is 12.8 Å². The van der Waals surface area contributed by atoms with Crippen LogP contribution in [0, 0.1) is 0 Å². The monoisotopic (exact) mass is 292 g/mol. The summed E-state index contributed by atoms with van der Waals surface area (Å²) in [5, 5.41) is 11.6. The molecule has 1 rings (SSSR count). The number of anilines is 1. The molecule has 116 valence electrons. The van der Waals surface area contributed by atoms with Crippen molar-refractivity contribution in [3.63, 3.8) is 0 Å². The van der Waals surface area contributed by atoms with E-state index >= 15 is 0 Å². The molecule has 0 fully saturated rings. The van der Waals surface area contributed by atoms with E-state index in [1.165, 1.54) is 6.92 Å². The predicted molar refractivity (Wildman–Crippen MR) is 83.3 cm³/mol. The Labute approximate surface area is 126 Å². The van der Waals surface area contributed by atoms with Crippen LogP contribution in [0.2, 0.25) is 0 Å². The minimum atomic E-state index is -0.137. The van der Waals surface area contributed by atoms with Crippen molar-refractivity contribution in [3.05, 3.63) is 29.8 Å². The summed E-state index contributed by atoms with van der Waals surface area (Å²) in [6.07, 6.45) is 2.55. The number of carbonyl (C=O) groups excluding carboxylic acids is 2. The van der Waals surface area contributed by atoms with Gasteiger partial charge in [-0.05, 0) is 37.1 Å². The lowest BCUT2D eigenvalue weighted by Gasteiger charge is -2.22. The molecule has 1 aromatic rings. The van der Waals surface area contributed by atoms with Crippen molar-refractivity contribution in [3.8, 4) is 0 Å². The third kappa shape index (κ3) is 5.95. The second kappa shape index (κ2) is 9.13. The minimum absolute atomic E-state index is 0.0359. The summed E-state index contributed by atoms with van der Waals surface area (Å²) in [7, 11) is 0. The first-order chi connectivity index (χ1) is 10.1. The number of unbranched alkanes of at least 4 members (excludes halogenated alkanes) is 1. The molecule has 21 heavy (non-hydrogen) atoms. The highest BCUT2D eigenvalue weighted by molar-refractivity contribution is 5.95. The van der Waals surface area contributed by atoms with Crippen molar-refractivity contribution < 1.29 is 14.7 Å². The van der Waals surface area contributed by atoms with Crippen LogP contribution in [0.4, 0.5) is 5.69 Å². The molecule has 1 aromatic carbocycles. The van der Waals surface area contributed by atoms with E-state index in [1.807, 2.05) is 0 Å². The van der Waals surface area contributed by atoms with E-state index in [0.29, 0.717) is 30.8 Å². The molecule has 0 atom stereocenters. The fourth-order valence-electron chi connectivity index (χ4n) is 2.01. The average Bonchev–Trinajstić information content (AvgIpc) is 2.47. The van der Waals surface area contributed by atoms with Gasteiger partial charge in [-0.25, -0.2) is 0 Å². The molecule has 0 aliphatic rings. The van der Waals surface area contributed by atoms with Crippen LogP contribution < -0.4 is 5.32 Å². The van der Waals surface area contributed by atoms with Crippen LogP contribution >= 0.6 is 0 Å². The van der Waals surface area contributed by atoms with Crippen LogP contribution in [-0.2, 0) is 4.79 Å². The fraction of sp³-hybridized carbons (Fsp3) is 0.500. The molecular weight excluding hydrogens is 268 g/mol. The van der Waals surface area contributed by atoms with Crippen LogP contribution in [0.3, 0.4) is 0 Å². The van der Waals surface area contributed by atoms with Gasteiger partial charge in [0.05, 0.1) is 0 Å². The summed E-state index contributed by atoms with van der Waals surface area (Å²) in [4.78, 5) is 25.2. The number of aliphatic hydroxyl groups is 1. The van der Waals surface area contributed by atoms with Crippen molar-refractivity contribution in [2.75, 3.05) is 25.0 Å². The largest absolute Gasteiger partial charge is 0.396 e. The van der Waals surface area contributed by atoms with Gasteiger partial charge in [-0.15, -0.1) is 0 Å². The molecule has 0 bridgehead atoms. The van der Waals surface area contributed by atoms with Gasteiger partial charge < -0.3 is 15.3 Å². The number of hydrogen-bond acceptors (Lipinski definition) is 3. The van der Waals surface area contributed by atoms with Crippen molar-refractivity contribution in [1.29, 1.82) is 0 Å². The third-order valence-corrected chi connectivity index (χ3v) is 3.11. The van der Waals surface area contributed by atoms with Crippen molar-refractivity contribution in [2.24, 2.45) is 0 Å². The number of aliphatic hydroxyl groups excluding tert-OH is 1. The topological polar surface area (TPSA) is 69.6 Å². The summed E-state index contributed by atoms with van der Waals surface area (Å²) in [6.45, 7) is 4.86. The summed E-state index contributed by atoms with van der Waals surface area (Å²) < 4.78 is 0. The lowest BCUT2D eigenvalue weighted by atomic mass is 10.1. The highest BCUT2D eigenvalue weighted by atomic mass is 16.3. The lowest BCUT2D eigenvalue weighted by molar-refractivity contribution is -0.114. The van der Waals surface area contributed by atoms with Gasteiger partial charge >= 0.3 is 0 Å². The second-order valence-electron chi connectivity index (χ2n) is 4.98. The molecule has 0 aromatic heterocycles. The quantitative estimate of drug-likeness (QED) is 0.772. The Morgan fingerprint density at radius 3 is 2.29 bits per heavy atom. The number of carbonyl (C=O) groups is 2. The maximum absolute atomic E-state index is 12.4. The molecule has 0 heterocycles. The highest BCUT2D eigenvalue weighted by Gasteiger charge is 2.14. The van der Waals surface area contributed by atoms with Crippen molar-refractivity contribution >= 4 is 17.5 Å². The second-order valence-corrected chi connectivity index (χ2v) is 4.98. The van der Waals surface area contributed by atoms with Crippen LogP contribution in [0.5, 0.6) is 0 Å². The molecule has 0 unspecified atom stereocenters. The van der Waals surface area contributed by atoms with E-state index in [1.54, 1.807) is 29.2 Å². The molecule has 0 aliphatic heterocycles. The first kappa shape index (κ1) is 17.2. The lowest BCUT2D eigenvalue weighted by Crippen LogP contribution is -2.33. The molecule has 0 spiro atoms. The normalized spacial score (nSPS) is 10.2. The molecule has 0 aliphatic carbocycles. The standard InChI is InChI=1S/C16H24N2O3/c1-3-4-10-18(11-5-12-19)16(21)14-6-8-15(9-7-14)17-13(2)20/h6-9,19H,3-5,10-12H2,1-2H3,(H,17,20). The SMILES string of the molecule is CCCCN(CCCO)C(=O)c1ccc(NC(C)=O)cc1. The summed E-state index contributed by atoms with van der Waals surface area (Å²) in [5.41, 5.74) is 1.27. The number of amides is 2. The number of nitrogens with one attached hydrogen (secondary N) is 1. The van der Waals surface area contributed by atoms with Gasteiger partial charge in [0.1, 0.15) is 0 Å². The van der Waals surface area contributed by atoms with Crippen molar-refractivity contribution in [1.82, 2.24) is 4.90 Å². The summed E-state index contributed by atoms with van der Waals surface area (Å²) in [5.74, 6) is -0.173. The minimum Gasteiger partial charge on any atom is -0.396 e. The summed E-state index contributed by atoms with van der Waals surface area (Å²) in [6, 6.07) is 6.87. The number of nitrogens with zero attached hydrogens (tertiary/aromatic N) is 1. The Bertz CT molecular complexity index is 449. The van der Waals surface area contributed by atoms with Gasteiger partial charge in [0.15, 0.2) is 0 Å². The fourth-order valence-corrected chi connectivity index (χ4v) is 2.01. The molecule has 0 saturated carbocycles.